The Balaban J connectivity index is 2.25. The zero-order valence-electron chi connectivity index (χ0n) is 8.49. The zero-order valence-corrected chi connectivity index (χ0v) is 9.30. The van der Waals surface area contributed by atoms with Crippen molar-refractivity contribution in [1.29, 1.82) is 0 Å². The summed E-state index contributed by atoms with van der Waals surface area (Å²) in [5.74, 6) is -0.0713. The van der Waals surface area contributed by atoms with Gasteiger partial charge in [0.2, 0.25) is 0 Å². The second-order valence-electron chi connectivity index (χ2n) is 3.24. The Kier molecular flexibility index (Phi) is 2.97. The van der Waals surface area contributed by atoms with E-state index in [0.29, 0.717) is 11.6 Å². The van der Waals surface area contributed by atoms with E-state index in [-0.39, 0.29) is 5.91 Å². The quantitative estimate of drug-likeness (QED) is 0.863. The molecule has 1 heterocycles. The SMILES string of the molecule is CCCNC(=O)c1nc2ccccc2s1. The van der Waals surface area contributed by atoms with E-state index in [2.05, 4.69) is 10.3 Å². The molecule has 0 spiro atoms. The average molecular weight is 220 g/mol. The number of fused-ring (bicyclic) bond motifs is 1. The minimum absolute atomic E-state index is 0.0713. The van der Waals surface area contributed by atoms with Crippen LogP contribution in [0.25, 0.3) is 10.2 Å². The van der Waals surface area contributed by atoms with E-state index >= 15 is 0 Å². The molecule has 2 aromatic rings. The molecule has 0 aliphatic heterocycles. The van der Waals surface area contributed by atoms with Gasteiger partial charge in [0.25, 0.3) is 5.91 Å². The van der Waals surface area contributed by atoms with E-state index in [1.165, 1.54) is 11.3 Å². The molecule has 1 aromatic heterocycles. The first-order valence-corrected chi connectivity index (χ1v) is 5.76. The van der Waals surface area contributed by atoms with Gasteiger partial charge < -0.3 is 5.32 Å². The molecule has 2 rings (SSSR count). The molecule has 0 saturated heterocycles. The van der Waals surface area contributed by atoms with Gasteiger partial charge in [-0.1, -0.05) is 19.1 Å². The third-order valence-electron chi connectivity index (χ3n) is 2.02. The Labute approximate surface area is 92.1 Å². The van der Waals surface area contributed by atoms with Crippen LogP contribution in [0.2, 0.25) is 0 Å². The Hall–Kier alpha value is -1.42. The van der Waals surface area contributed by atoms with Crippen molar-refractivity contribution in [1.82, 2.24) is 10.3 Å². The van der Waals surface area contributed by atoms with Gasteiger partial charge in [-0.3, -0.25) is 4.79 Å². The molecule has 15 heavy (non-hydrogen) atoms. The summed E-state index contributed by atoms with van der Waals surface area (Å²) in [5.41, 5.74) is 0.893. The Morgan fingerprint density at radius 3 is 3.00 bits per heavy atom. The number of nitrogens with one attached hydrogen (secondary N) is 1. The molecule has 4 heteroatoms. The topological polar surface area (TPSA) is 42.0 Å². The second kappa shape index (κ2) is 4.40. The monoisotopic (exact) mass is 220 g/mol. The standard InChI is InChI=1S/C11H12N2OS/c1-2-7-12-10(14)11-13-8-5-3-4-6-9(8)15-11/h3-6H,2,7H2,1H3,(H,12,14). The Morgan fingerprint density at radius 2 is 2.27 bits per heavy atom. The van der Waals surface area contributed by atoms with Crippen LogP contribution in [0.3, 0.4) is 0 Å². The van der Waals surface area contributed by atoms with Crippen LogP contribution in [0.1, 0.15) is 23.1 Å². The van der Waals surface area contributed by atoms with Crippen molar-refractivity contribution in [3.8, 4) is 0 Å². The number of amides is 1. The number of thiazole rings is 1. The normalized spacial score (nSPS) is 10.5. The largest absolute Gasteiger partial charge is 0.350 e. The fourth-order valence-corrected chi connectivity index (χ4v) is 2.17. The first-order chi connectivity index (χ1) is 7.31. The highest BCUT2D eigenvalue weighted by Crippen LogP contribution is 2.21. The summed E-state index contributed by atoms with van der Waals surface area (Å²) in [6, 6.07) is 7.77. The summed E-state index contributed by atoms with van der Waals surface area (Å²) < 4.78 is 1.05. The van der Waals surface area contributed by atoms with Crippen molar-refractivity contribution < 1.29 is 4.79 Å². The van der Waals surface area contributed by atoms with Crippen LogP contribution < -0.4 is 5.32 Å². The first kappa shape index (κ1) is 10.1. The molecule has 78 valence electrons. The lowest BCUT2D eigenvalue weighted by molar-refractivity contribution is 0.0953. The zero-order chi connectivity index (χ0) is 10.7. The number of hydrogen-bond donors (Lipinski definition) is 1. The summed E-state index contributed by atoms with van der Waals surface area (Å²) in [7, 11) is 0. The lowest BCUT2D eigenvalue weighted by atomic mass is 10.3. The lowest BCUT2D eigenvalue weighted by Crippen LogP contribution is -2.23. The van der Waals surface area contributed by atoms with Gasteiger partial charge in [-0.15, -0.1) is 11.3 Å². The number of aromatic nitrogens is 1. The molecule has 1 amide bonds. The third-order valence-corrected chi connectivity index (χ3v) is 3.06. The van der Waals surface area contributed by atoms with Crippen molar-refractivity contribution >= 4 is 27.5 Å². The maximum Gasteiger partial charge on any atom is 0.280 e. The second-order valence-corrected chi connectivity index (χ2v) is 4.27. The lowest BCUT2D eigenvalue weighted by Gasteiger charge is -1.97. The average Bonchev–Trinajstić information content (AvgIpc) is 2.69. The van der Waals surface area contributed by atoms with Crippen molar-refractivity contribution in [2.24, 2.45) is 0 Å². The first-order valence-electron chi connectivity index (χ1n) is 4.95. The highest BCUT2D eigenvalue weighted by Gasteiger charge is 2.10. The van der Waals surface area contributed by atoms with Gasteiger partial charge in [-0.05, 0) is 18.6 Å². The number of nitrogens with zero attached hydrogens (tertiary/aromatic N) is 1. The molecule has 0 fully saturated rings. The van der Waals surface area contributed by atoms with E-state index in [1.807, 2.05) is 31.2 Å². The van der Waals surface area contributed by atoms with Crippen molar-refractivity contribution in [3.05, 3.63) is 29.3 Å². The van der Waals surface area contributed by atoms with Gasteiger partial charge in [0, 0.05) is 6.54 Å². The maximum absolute atomic E-state index is 11.6. The van der Waals surface area contributed by atoms with Gasteiger partial charge in [0.05, 0.1) is 10.2 Å². The van der Waals surface area contributed by atoms with Crippen molar-refractivity contribution in [2.75, 3.05) is 6.54 Å². The van der Waals surface area contributed by atoms with Crippen LogP contribution in [0, 0.1) is 0 Å². The number of carbonyl (C=O) groups is 1. The molecule has 1 N–H and O–H groups in total. The maximum atomic E-state index is 11.6. The minimum Gasteiger partial charge on any atom is -0.350 e. The molecule has 0 aliphatic carbocycles. The predicted molar refractivity (Wildman–Crippen MR) is 62.2 cm³/mol. The van der Waals surface area contributed by atoms with E-state index < -0.39 is 0 Å². The Bertz CT molecular complexity index is 445. The summed E-state index contributed by atoms with van der Waals surface area (Å²) in [6.45, 7) is 2.73. The highest BCUT2D eigenvalue weighted by atomic mass is 32.1. The number of benzene rings is 1. The fourth-order valence-electron chi connectivity index (χ4n) is 1.28. The third kappa shape index (κ3) is 2.15. The van der Waals surface area contributed by atoms with Crippen LogP contribution in [0.5, 0.6) is 0 Å². The number of para-hydroxylation sites is 1. The minimum atomic E-state index is -0.0713. The van der Waals surface area contributed by atoms with Gasteiger partial charge in [-0.25, -0.2) is 4.98 Å². The van der Waals surface area contributed by atoms with Crippen LogP contribution in [-0.4, -0.2) is 17.4 Å². The molecule has 0 unspecified atom stereocenters. The molecule has 1 aromatic carbocycles. The molecule has 0 radical (unpaired) electrons. The van der Waals surface area contributed by atoms with E-state index in [9.17, 15) is 4.79 Å². The van der Waals surface area contributed by atoms with E-state index in [0.717, 1.165) is 16.6 Å². The van der Waals surface area contributed by atoms with Crippen LogP contribution in [0.4, 0.5) is 0 Å². The van der Waals surface area contributed by atoms with Crippen LogP contribution in [0.15, 0.2) is 24.3 Å². The Morgan fingerprint density at radius 1 is 1.47 bits per heavy atom. The summed E-state index contributed by atoms with van der Waals surface area (Å²) >= 11 is 1.43. The van der Waals surface area contributed by atoms with Crippen molar-refractivity contribution in [2.45, 2.75) is 13.3 Å². The van der Waals surface area contributed by atoms with Gasteiger partial charge in [0.1, 0.15) is 0 Å². The number of rotatable bonds is 3. The molecule has 3 nitrogen and oxygen atoms in total. The number of hydrogen-bond acceptors (Lipinski definition) is 3. The van der Waals surface area contributed by atoms with E-state index in [1.54, 1.807) is 0 Å². The highest BCUT2D eigenvalue weighted by molar-refractivity contribution is 7.20. The van der Waals surface area contributed by atoms with Crippen LogP contribution >= 0.6 is 11.3 Å². The molecule has 0 saturated carbocycles. The van der Waals surface area contributed by atoms with E-state index in [4.69, 9.17) is 0 Å². The fraction of sp³-hybridized carbons (Fsp3) is 0.273. The summed E-state index contributed by atoms with van der Waals surface area (Å²) in [6.07, 6.45) is 0.941. The predicted octanol–water partition coefficient (Wildman–Crippen LogP) is 2.44. The molecular formula is C11H12N2OS. The van der Waals surface area contributed by atoms with Crippen molar-refractivity contribution in [3.63, 3.8) is 0 Å². The molecular weight excluding hydrogens is 208 g/mol. The summed E-state index contributed by atoms with van der Waals surface area (Å²) in [4.78, 5) is 15.9. The molecule has 0 bridgehead atoms. The van der Waals surface area contributed by atoms with Gasteiger partial charge in [-0.2, -0.15) is 0 Å². The molecule has 0 aliphatic rings. The molecule has 0 atom stereocenters. The van der Waals surface area contributed by atoms with Gasteiger partial charge >= 0.3 is 0 Å². The number of carbonyl (C=O) groups excluding carboxylic acids is 1. The van der Waals surface area contributed by atoms with Crippen LogP contribution in [-0.2, 0) is 0 Å². The summed E-state index contributed by atoms with van der Waals surface area (Å²) in [5, 5.41) is 3.36. The van der Waals surface area contributed by atoms with Gasteiger partial charge in [0.15, 0.2) is 5.01 Å². The smallest absolute Gasteiger partial charge is 0.280 e.